The van der Waals surface area contributed by atoms with E-state index < -0.39 is 0 Å². The Kier molecular flexibility index (Phi) is 6.31. The van der Waals surface area contributed by atoms with Gasteiger partial charge in [-0.3, -0.25) is 0 Å². The number of benzene rings is 3. The van der Waals surface area contributed by atoms with Crippen molar-refractivity contribution in [2.45, 2.75) is 32.7 Å². The largest absolute Gasteiger partial charge is 0.491 e. The molecule has 2 N–H and O–H groups in total. The Balaban J connectivity index is 1.39. The molecule has 0 saturated heterocycles. The van der Waals surface area contributed by atoms with E-state index in [0.29, 0.717) is 29.1 Å². The summed E-state index contributed by atoms with van der Waals surface area (Å²) < 4.78 is 2.07. The van der Waals surface area contributed by atoms with Gasteiger partial charge in [0.15, 0.2) is 5.82 Å². The molecular formula is C29H26N8O. The van der Waals surface area contributed by atoms with Gasteiger partial charge in [0.1, 0.15) is 22.6 Å². The van der Waals surface area contributed by atoms with Crippen molar-refractivity contribution in [2.75, 3.05) is 0 Å². The van der Waals surface area contributed by atoms with Crippen molar-refractivity contribution < 1.29 is 5.11 Å². The number of H-pyrrole nitrogens is 1. The van der Waals surface area contributed by atoms with Crippen LogP contribution in [0.5, 0.6) is 5.88 Å². The molecular weight excluding hydrogens is 476 g/mol. The van der Waals surface area contributed by atoms with Crippen LogP contribution in [0.4, 0.5) is 0 Å². The Morgan fingerprint density at radius 2 is 1.58 bits per heavy atom. The third-order valence-corrected chi connectivity index (χ3v) is 6.66. The first-order valence-corrected chi connectivity index (χ1v) is 12.7. The van der Waals surface area contributed by atoms with Gasteiger partial charge in [0.05, 0.1) is 0 Å². The first-order chi connectivity index (χ1) is 18.7. The highest BCUT2D eigenvalue weighted by molar-refractivity contribution is 5.92. The van der Waals surface area contributed by atoms with Crippen molar-refractivity contribution in [1.29, 1.82) is 0 Å². The molecule has 0 spiro atoms. The normalized spacial score (nSPS) is 11.3. The number of rotatable bonds is 8. The van der Waals surface area contributed by atoms with Gasteiger partial charge in [-0.2, -0.15) is 0 Å². The van der Waals surface area contributed by atoms with Crippen LogP contribution in [-0.2, 0) is 13.0 Å². The van der Waals surface area contributed by atoms with E-state index in [9.17, 15) is 5.11 Å². The topological polar surface area (TPSA) is 118 Å². The van der Waals surface area contributed by atoms with Crippen LogP contribution < -0.4 is 0 Å². The molecule has 0 saturated carbocycles. The fourth-order valence-corrected chi connectivity index (χ4v) is 4.76. The first kappa shape index (κ1) is 23.5. The number of aryl methyl sites for hydroxylation is 1. The number of hydrogen-bond acceptors (Lipinski definition) is 7. The summed E-state index contributed by atoms with van der Waals surface area (Å²) in [5.41, 5.74) is 6.98. The molecule has 3 aromatic heterocycles. The van der Waals surface area contributed by atoms with Crippen molar-refractivity contribution in [3.8, 4) is 39.7 Å². The van der Waals surface area contributed by atoms with Crippen LogP contribution in [0, 0.1) is 0 Å². The van der Waals surface area contributed by atoms with Crippen LogP contribution >= 0.6 is 0 Å². The lowest BCUT2D eigenvalue weighted by atomic mass is 9.98. The zero-order chi connectivity index (χ0) is 25.9. The Labute approximate surface area is 219 Å². The van der Waals surface area contributed by atoms with E-state index in [1.54, 1.807) is 0 Å². The van der Waals surface area contributed by atoms with E-state index in [-0.39, 0.29) is 5.88 Å². The van der Waals surface area contributed by atoms with Crippen LogP contribution in [-0.4, -0.2) is 45.5 Å². The summed E-state index contributed by atoms with van der Waals surface area (Å²) in [4.78, 5) is 4.97. The smallest absolute Gasteiger partial charge is 0.257 e. The standard InChI is InChI=1S/C29H26N8O/c1-2-3-13-24-30-26-25(21-9-5-4-6-10-21)31-34-29(38)27(26)37(24)18-19-14-16-20(17-15-19)22-11-7-8-12-23(22)28-32-35-36-33-28/h4-12,14-17H,2-3,13,18H2,1H3,(H,34,38)(H,32,33,35,36). The SMILES string of the molecule is CCCCc1nc2c(-c3ccccc3)nnc(O)c2n1Cc1ccc(-c2ccccc2-c2nnn[nH]2)cc1. The molecule has 3 aromatic carbocycles. The maximum absolute atomic E-state index is 10.8. The number of aromatic amines is 1. The predicted octanol–water partition coefficient (Wildman–Crippen LogP) is 5.44. The lowest BCUT2D eigenvalue weighted by Gasteiger charge is -2.12. The minimum Gasteiger partial charge on any atom is -0.491 e. The van der Waals surface area contributed by atoms with Gasteiger partial charge in [-0.15, -0.1) is 15.3 Å². The van der Waals surface area contributed by atoms with E-state index in [2.05, 4.69) is 72.6 Å². The van der Waals surface area contributed by atoms with E-state index >= 15 is 0 Å². The van der Waals surface area contributed by atoms with Gasteiger partial charge in [-0.25, -0.2) is 10.1 Å². The lowest BCUT2D eigenvalue weighted by molar-refractivity contribution is 0.449. The molecule has 188 valence electrons. The summed E-state index contributed by atoms with van der Waals surface area (Å²) in [5.74, 6) is 1.43. The molecule has 38 heavy (non-hydrogen) atoms. The number of aromatic nitrogens is 8. The third-order valence-electron chi connectivity index (χ3n) is 6.66. The molecule has 9 heteroatoms. The van der Waals surface area contributed by atoms with E-state index in [1.165, 1.54) is 0 Å². The molecule has 9 nitrogen and oxygen atoms in total. The molecule has 6 rings (SSSR count). The Morgan fingerprint density at radius 3 is 2.32 bits per heavy atom. The van der Waals surface area contributed by atoms with Crippen molar-refractivity contribution in [3.05, 3.63) is 90.3 Å². The van der Waals surface area contributed by atoms with E-state index in [0.717, 1.165) is 52.9 Å². The predicted molar refractivity (Wildman–Crippen MR) is 145 cm³/mol. The number of tetrazole rings is 1. The average molecular weight is 503 g/mol. The van der Waals surface area contributed by atoms with Crippen LogP contribution in [0.15, 0.2) is 78.9 Å². The molecule has 6 aromatic rings. The highest BCUT2D eigenvalue weighted by Crippen LogP contribution is 2.33. The monoisotopic (exact) mass is 502 g/mol. The maximum Gasteiger partial charge on any atom is 0.257 e. The number of aromatic hydroxyl groups is 1. The molecule has 0 bridgehead atoms. The summed E-state index contributed by atoms with van der Waals surface area (Å²) in [5, 5.41) is 33.6. The lowest BCUT2D eigenvalue weighted by Crippen LogP contribution is -2.06. The fourth-order valence-electron chi connectivity index (χ4n) is 4.76. The second kappa shape index (κ2) is 10.2. The van der Waals surface area contributed by atoms with Crippen molar-refractivity contribution in [2.24, 2.45) is 0 Å². The van der Waals surface area contributed by atoms with Crippen molar-refractivity contribution in [3.63, 3.8) is 0 Å². The fraction of sp³-hybridized carbons (Fsp3) is 0.172. The van der Waals surface area contributed by atoms with Gasteiger partial charge < -0.3 is 9.67 Å². The Morgan fingerprint density at radius 1 is 0.816 bits per heavy atom. The number of hydrogen-bond donors (Lipinski definition) is 2. The van der Waals surface area contributed by atoms with Gasteiger partial charge in [0, 0.05) is 24.1 Å². The number of imidazole rings is 1. The summed E-state index contributed by atoms with van der Waals surface area (Å²) >= 11 is 0. The molecule has 0 aliphatic carbocycles. The number of nitrogens with zero attached hydrogens (tertiary/aromatic N) is 7. The summed E-state index contributed by atoms with van der Waals surface area (Å²) in [6.45, 7) is 2.71. The summed E-state index contributed by atoms with van der Waals surface area (Å²) in [6, 6.07) is 26.3. The zero-order valence-electron chi connectivity index (χ0n) is 20.9. The minimum atomic E-state index is -0.110. The number of unbranched alkanes of at least 4 members (excludes halogenated alkanes) is 1. The number of nitrogens with one attached hydrogen (secondary N) is 1. The van der Waals surface area contributed by atoms with Crippen LogP contribution in [0.3, 0.4) is 0 Å². The van der Waals surface area contributed by atoms with Crippen LogP contribution in [0.1, 0.15) is 31.2 Å². The molecule has 0 fully saturated rings. The molecule has 0 amide bonds. The average Bonchev–Trinajstić information content (AvgIpc) is 3.62. The van der Waals surface area contributed by atoms with Gasteiger partial charge in [-0.1, -0.05) is 92.2 Å². The number of fused-ring (bicyclic) bond motifs is 1. The van der Waals surface area contributed by atoms with Crippen LogP contribution in [0.2, 0.25) is 0 Å². The Hall–Kier alpha value is -4.92. The highest BCUT2D eigenvalue weighted by Gasteiger charge is 2.20. The molecule has 0 radical (unpaired) electrons. The van der Waals surface area contributed by atoms with E-state index in [1.807, 2.05) is 48.5 Å². The molecule has 0 aliphatic rings. The molecule has 0 aliphatic heterocycles. The van der Waals surface area contributed by atoms with E-state index in [4.69, 9.17) is 4.98 Å². The third kappa shape index (κ3) is 4.39. The zero-order valence-corrected chi connectivity index (χ0v) is 20.9. The van der Waals surface area contributed by atoms with Crippen molar-refractivity contribution >= 4 is 11.0 Å². The summed E-state index contributed by atoms with van der Waals surface area (Å²) in [7, 11) is 0. The van der Waals surface area contributed by atoms with Gasteiger partial charge in [0.2, 0.25) is 0 Å². The van der Waals surface area contributed by atoms with Gasteiger partial charge >= 0.3 is 0 Å². The molecule has 0 atom stereocenters. The second-order valence-corrected chi connectivity index (χ2v) is 9.15. The van der Waals surface area contributed by atoms with Crippen molar-refractivity contribution in [1.82, 2.24) is 40.4 Å². The van der Waals surface area contributed by atoms with Crippen LogP contribution in [0.25, 0.3) is 44.8 Å². The quantitative estimate of drug-likeness (QED) is 0.285. The molecule has 0 unspecified atom stereocenters. The Bertz CT molecular complexity index is 1680. The maximum atomic E-state index is 10.8. The minimum absolute atomic E-state index is 0.110. The second-order valence-electron chi connectivity index (χ2n) is 9.15. The molecule has 3 heterocycles. The van der Waals surface area contributed by atoms with Gasteiger partial charge in [-0.05, 0) is 33.5 Å². The summed E-state index contributed by atoms with van der Waals surface area (Å²) in [6.07, 6.45) is 2.85. The highest BCUT2D eigenvalue weighted by atomic mass is 16.3. The van der Waals surface area contributed by atoms with Gasteiger partial charge in [0.25, 0.3) is 5.88 Å². The first-order valence-electron chi connectivity index (χ1n) is 12.7.